The van der Waals surface area contributed by atoms with E-state index in [4.69, 9.17) is 4.74 Å². The van der Waals surface area contributed by atoms with Crippen molar-refractivity contribution in [3.63, 3.8) is 0 Å². The molecule has 58 heavy (non-hydrogen) atoms. The minimum Gasteiger partial charge on any atom is -0.453 e. The Morgan fingerprint density at radius 1 is 0.793 bits per heavy atom. The van der Waals surface area contributed by atoms with Crippen molar-refractivity contribution in [1.82, 2.24) is 24.9 Å². The highest BCUT2D eigenvalue weighted by atomic mass is 19.3. The van der Waals surface area contributed by atoms with Gasteiger partial charge in [0.05, 0.1) is 13.0 Å². The summed E-state index contributed by atoms with van der Waals surface area (Å²) in [6, 6.07) is 14.0. The van der Waals surface area contributed by atoms with Gasteiger partial charge in [-0.3, -0.25) is 9.69 Å². The average molecular weight is 805 g/mol. The fourth-order valence-corrected chi connectivity index (χ4v) is 11.2. The highest BCUT2D eigenvalue weighted by molar-refractivity contribution is 5.88. The summed E-state index contributed by atoms with van der Waals surface area (Å²) in [6.45, 7) is 10.7. The number of carbonyl (C=O) groups is 2. The van der Waals surface area contributed by atoms with Gasteiger partial charge in [0.25, 0.3) is 5.92 Å². The van der Waals surface area contributed by atoms with Crippen LogP contribution in [0.3, 0.4) is 0 Å². The third-order valence-electron chi connectivity index (χ3n) is 14.6. The van der Waals surface area contributed by atoms with Gasteiger partial charge in [-0.1, -0.05) is 43.2 Å². The first-order valence-electron chi connectivity index (χ1n) is 22.1. The van der Waals surface area contributed by atoms with E-state index in [1.165, 1.54) is 43.8 Å². The topological polar surface area (TPSA) is 71.6 Å². The third-order valence-corrected chi connectivity index (χ3v) is 14.6. The fourth-order valence-electron chi connectivity index (χ4n) is 11.2. The van der Waals surface area contributed by atoms with Crippen LogP contribution in [-0.2, 0) is 20.9 Å². The van der Waals surface area contributed by atoms with Crippen LogP contribution in [0.15, 0.2) is 60.7 Å². The van der Waals surface area contributed by atoms with Crippen molar-refractivity contribution in [3.8, 4) is 0 Å². The van der Waals surface area contributed by atoms with E-state index in [1.54, 1.807) is 24.3 Å². The molecule has 1 unspecified atom stereocenters. The van der Waals surface area contributed by atoms with E-state index in [0.717, 1.165) is 115 Å². The van der Waals surface area contributed by atoms with E-state index in [-0.39, 0.29) is 47.8 Å². The Hall–Kier alpha value is -3.61. The van der Waals surface area contributed by atoms with Crippen LogP contribution in [0.4, 0.5) is 23.7 Å². The number of likely N-dealkylation sites (tertiary alicyclic amines) is 4. The highest BCUT2D eigenvalue weighted by Gasteiger charge is 2.53. The molecule has 0 radical (unpaired) electrons. The average Bonchev–Trinajstić information content (AvgIpc) is 3.64. The normalized spacial score (nSPS) is 25.6. The standard InChI is InChI=1S/C46H63F3N6O3/c1-58-44(57)50-42-12-6-11-41(42)45(33-53-23-8-24-53,37-9-5-10-39(47)27-37)35-18-25-52(26-19-35)28-34-29-54(30-34)40-16-14-36(15-17-40)46(48,49)38-31-55(32-38)43(56)13-7-22-51-20-3-2-4-21-51/h5,7,9-10,13-17,27,34-35,38,41-42H,2-4,6,8,11-12,18-26,28-33H2,1H3,(H,50,57)/b13-7+/t41-,42-,45?/m0/s1. The number of carbonyl (C=O) groups excluding carboxylic acids is 2. The van der Waals surface area contributed by atoms with E-state index < -0.39 is 17.9 Å². The number of piperidine rings is 2. The Labute approximate surface area is 342 Å². The van der Waals surface area contributed by atoms with Gasteiger partial charge in [-0.15, -0.1) is 0 Å². The monoisotopic (exact) mass is 804 g/mol. The second-order valence-electron chi connectivity index (χ2n) is 18.2. The van der Waals surface area contributed by atoms with Gasteiger partial charge in [-0.05, 0) is 126 Å². The highest BCUT2D eigenvalue weighted by Crippen LogP contribution is 2.52. The molecular weight excluding hydrogens is 742 g/mol. The number of nitrogens with zero attached hydrogens (tertiary/aromatic N) is 5. The number of amides is 2. The van der Waals surface area contributed by atoms with Crippen LogP contribution >= 0.6 is 0 Å². The zero-order valence-electron chi connectivity index (χ0n) is 34.3. The van der Waals surface area contributed by atoms with Crippen LogP contribution in [0.1, 0.15) is 68.9 Å². The van der Waals surface area contributed by atoms with Crippen molar-refractivity contribution in [2.24, 2.45) is 23.7 Å². The summed E-state index contributed by atoms with van der Waals surface area (Å²) in [7, 11) is 1.42. The number of ether oxygens (including phenoxy) is 1. The first-order chi connectivity index (χ1) is 28.1. The molecule has 1 aliphatic carbocycles. The molecule has 5 aliphatic heterocycles. The molecule has 8 rings (SSSR count). The zero-order chi connectivity index (χ0) is 40.3. The van der Waals surface area contributed by atoms with Gasteiger partial charge < -0.3 is 29.7 Å². The number of alkyl carbamates (subject to hydrolysis) is 1. The minimum atomic E-state index is -2.99. The lowest BCUT2D eigenvalue weighted by Crippen LogP contribution is -2.60. The van der Waals surface area contributed by atoms with Crippen LogP contribution in [-0.4, -0.2) is 130 Å². The lowest BCUT2D eigenvalue weighted by molar-refractivity contribution is -0.151. The summed E-state index contributed by atoms with van der Waals surface area (Å²) in [5.74, 6) is -3.21. The van der Waals surface area contributed by atoms with Crippen LogP contribution in [0.25, 0.3) is 0 Å². The van der Waals surface area contributed by atoms with Gasteiger partial charge in [0.1, 0.15) is 5.82 Å². The summed E-state index contributed by atoms with van der Waals surface area (Å²) in [4.78, 5) is 36.3. The van der Waals surface area contributed by atoms with Gasteiger partial charge in [-0.25, -0.2) is 18.0 Å². The third kappa shape index (κ3) is 8.80. The second-order valence-corrected chi connectivity index (χ2v) is 18.2. The molecular formula is C46H63F3N6O3. The molecule has 1 saturated carbocycles. The number of anilines is 1. The van der Waals surface area contributed by atoms with Gasteiger partial charge in [0.2, 0.25) is 5.91 Å². The van der Waals surface area contributed by atoms with Crippen molar-refractivity contribution in [1.29, 1.82) is 0 Å². The number of nitrogens with one attached hydrogen (secondary N) is 1. The van der Waals surface area contributed by atoms with Crippen molar-refractivity contribution in [3.05, 3.63) is 77.6 Å². The maximum Gasteiger partial charge on any atom is 0.407 e. The van der Waals surface area contributed by atoms with Gasteiger partial charge in [0.15, 0.2) is 0 Å². The Bertz CT molecular complexity index is 1730. The lowest BCUT2D eigenvalue weighted by atomic mass is 9.57. The van der Waals surface area contributed by atoms with E-state index in [9.17, 15) is 9.59 Å². The van der Waals surface area contributed by atoms with Crippen molar-refractivity contribution >= 4 is 17.7 Å². The van der Waals surface area contributed by atoms with Gasteiger partial charge >= 0.3 is 6.09 Å². The van der Waals surface area contributed by atoms with Crippen LogP contribution in [0.5, 0.6) is 0 Å². The van der Waals surface area contributed by atoms with Crippen LogP contribution < -0.4 is 10.2 Å². The molecule has 2 aromatic carbocycles. The quantitative estimate of drug-likeness (QED) is 0.213. The molecule has 12 heteroatoms. The van der Waals surface area contributed by atoms with Gasteiger partial charge in [0, 0.05) is 80.5 Å². The fraction of sp³-hybridized carbons (Fsp3) is 0.652. The van der Waals surface area contributed by atoms with Crippen molar-refractivity contribution in [2.75, 3.05) is 97.1 Å². The molecule has 0 bridgehead atoms. The summed E-state index contributed by atoms with van der Waals surface area (Å²) >= 11 is 0. The summed E-state index contributed by atoms with van der Waals surface area (Å²) < 4.78 is 51.1. The second kappa shape index (κ2) is 17.9. The van der Waals surface area contributed by atoms with Crippen LogP contribution in [0, 0.1) is 29.5 Å². The Morgan fingerprint density at radius 3 is 2.19 bits per heavy atom. The number of methoxy groups -OCH3 is 1. The van der Waals surface area contributed by atoms with Gasteiger partial charge in [-0.2, -0.15) is 0 Å². The number of benzene rings is 2. The molecule has 2 aromatic rings. The van der Waals surface area contributed by atoms with E-state index in [1.807, 2.05) is 24.3 Å². The maximum absolute atomic E-state index is 15.5. The SMILES string of the molecule is COC(=O)N[C@H]1CCC[C@@H]1C(CN1CCC1)(c1cccc(F)c1)C1CCN(CC2CN(c3ccc(C(F)(F)C4CN(C(=O)/C=C/CN5CCCCC5)C4)cc3)C2)CC1. The molecule has 6 fully saturated rings. The Morgan fingerprint density at radius 2 is 1.52 bits per heavy atom. The molecule has 5 saturated heterocycles. The number of rotatable bonds is 14. The molecule has 0 spiro atoms. The smallest absolute Gasteiger partial charge is 0.407 e. The maximum atomic E-state index is 15.5. The van der Waals surface area contributed by atoms with E-state index in [0.29, 0.717) is 11.8 Å². The van der Waals surface area contributed by atoms with E-state index >= 15 is 13.2 Å². The largest absolute Gasteiger partial charge is 0.453 e. The lowest BCUT2D eigenvalue weighted by Gasteiger charge is -2.54. The molecule has 9 nitrogen and oxygen atoms in total. The Kier molecular flexibility index (Phi) is 12.7. The summed E-state index contributed by atoms with van der Waals surface area (Å²) in [6.07, 6.45) is 12.8. The van der Waals surface area contributed by atoms with Crippen LogP contribution in [0.2, 0.25) is 0 Å². The van der Waals surface area contributed by atoms with Crippen molar-refractivity contribution < 1.29 is 27.5 Å². The Balaban J connectivity index is 0.836. The molecule has 3 atom stereocenters. The van der Waals surface area contributed by atoms with Crippen molar-refractivity contribution in [2.45, 2.75) is 75.2 Å². The molecule has 6 aliphatic rings. The molecule has 1 N–H and O–H groups in total. The molecule has 5 heterocycles. The first kappa shape index (κ1) is 41.1. The number of hydrogen-bond acceptors (Lipinski definition) is 7. The molecule has 0 aromatic heterocycles. The first-order valence-corrected chi connectivity index (χ1v) is 22.1. The van der Waals surface area contributed by atoms with E-state index in [2.05, 4.69) is 31.0 Å². The molecule has 316 valence electrons. The summed E-state index contributed by atoms with van der Waals surface area (Å²) in [5.41, 5.74) is 1.77. The number of halogens is 3. The number of alkyl halides is 2. The minimum absolute atomic E-state index is 0.0161. The predicted molar refractivity (Wildman–Crippen MR) is 221 cm³/mol. The summed E-state index contributed by atoms with van der Waals surface area (Å²) in [5, 5.41) is 3.18. The predicted octanol–water partition coefficient (Wildman–Crippen LogP) is 6.73. The molecule has 2 amide bonds. The zero-order valence-corrected chi connectivity index (χ0v) is 34.3. The number of hydrogen-bond donors (Lipinski definition) is 1.